The molecule has 0 unspecified atom stereocenters. The maximum atomic E-state index is 3.46. The number of hydrogen-bond donors (Lipinski definition) is 4. The first-order valence-corrected chi connectivity index (χ1v) is 7.74. The minimum absolute atomic E-state index is 1.08. The SMILES string of the molecule is CCCNCCCNCCNCCCNCCC. The van der Waals surface area contributed by atoms with Gasteiger partial charge in [0.25, 0.3) is 0 Å². The van der Waals surface area contributed by atoms with Crippen LogP contribution in [-0.4, -0.2) is 52.4 Å². The summed E-state index contributed by atoms with van der Waals surface area (Å²) in [5.41, 5.74) is 0. The first-order chi connectivity index (χ1) is 8.91. The van der Waals surface area contributed by atoms with Crippen LogP contribution in [0.5, 0.6) is 0 Å². The van der Waals surface area contributed by atoms with Gasteiger partial charge in [0.2, 0.25) is 0 Å². The highest BCUT2D eigenvalue weighted by Gasteiger charge is 1.90. The standard InChI is InChI=1S/C14H34N4/c1-3-7-15-9-5-11-17-13-14-18-12-6-10-16-8-4-2/h15-18H,3-14H2,1-2H3. The summed E-state index contributed by atoms with van der Waals surface area (Å²) in [6.45, 7) is 13.4. The van der Waals surface area contributed by atoms with Gasteiger partial charge in [-0.3, -0.25) is 0 Å². The second kappa shape index (κ2) is 16.8. The minimum Gasteiger partial charge on any atom is -0.317 e. The third-order valence-electron chi connectivity index (χ3n) is 2.75. The van der Waals surface area contributed by atoms with Crippen molar-refractivity contribution in [1.82, 2.24) is 21.3 Å². The van der Waals surface area contributed by atoms with Crippen LogP contribution in [0.15, 0.2) is 0 Å². The van der Waals surface area contributed by atoms with Crippen LogP contribution in [0.2, 0.25) is 0 Å². The lowest BCUT2D eigenvalue weighted by Gasteiger charge is -2.07. The average molecular weight is 258 g/mol. The molecule has 0 aromatic carbocycles. The Morgan fingerprint density at radius 3 is 1.11 bits per heavy atom. The Balaban J connectivity index is 2.86. The maximum Gasteiger partial charge on any atom is 0.00767 e. The van der Waals surface area contributed by atoms with E-state index in [1.54, 1.807) is 0 Å². The molecule has 0 aliphatic carbocycles. The van der Waals surface area contributed by atoms with Crippen LogP contribution in [0.1, 0.15) is 39.5 Å². The summed E-state index contributed by atoms with van der Waals surface area (Å²) >= 11 is 0. The zero-order valence-corrected chi connectivity index (χ0v) is 12.5. The summed E-state index contributed by atoms with van der Waals surface area (Å²) < 4.78 is 0. The number of rotatable bonds is 15. The Hall–Kier alpha value is -0.160. The van der Waals surface area contributed by atoms with Gasteiger partial charge in [-0.2, -0.15) is 0 Å². The molecule has 0 rings (SSSR count). The van der Waals surface area contributed by atoms with Gasteiger partial charge >= 0.3 is 0 Å². The monoisotopic (exact) mass is 258 g/mol. The molecule has 0 fully saturated rings. The molecule has 0 saturated heterocycles. The van der Waals surface area contributed by atoms with Crippen LogP contribution in [-0.2, 0) is 0 Å². The van der Waals surface area contributed by atoms with Gasteiger partial charge in [-0.1, -0.05) is 13.8 Å². The summed E-state index contributed by atoms with van der Waals surface area (Å²) in [6, 6.07) is 0. The van der Waals surface area contributed by atoms with E-state index in [0.29, 0.717) is 0 Å². The van der Waals surface area contributed by atoms with E-state index >= 15 is 0 Å². The molecule has 0 heterocycles. The summed E-state index contributed by atoms with van der Waals surface area (Å²) in [7, 11) is 0. The van der Waals surface area contributed by atoms with E-state index in [2.05, 4.69) is 35.1 Å². The lowest BCUT2D eigenvalue weighted by molar-refractivity contribution is 0.555. The van der Waals surface area contributed by atoms with E-state index in [1.165, 1.54) is 25.7 Å². The summed E-state index contributed by atoms with van der Waals surface area (Å²) in [5.74, 6) is 0. The fourth-order valence-corrected chi connectivity index (χ4v) is 1.71. The van der Waals surface area contributed by atoms with E-state index in [-0.39, 0.29) is 0 Å². The minimum atomic E-state index is 1.08. The van der Waals surface area contributed by atoms with E-state index in [1.807, 2.05) is 0 Å². The van der Waals surface area contributed by atoms with Gasteiger partial charge in [0, 0.05) is 13.1 Å². The molecule has 0 radical (unpaired) electrons. The Bertz CT molecular complexity index is 126. The summed E-state index contributed by atoms with van der Waals surface area (Å²) in [5, 5.41) is 13.7. The van der Waals surface area contributed by atoms with Crippen molar-refractivity contribution in [1.29, 1.82) is 0 Å². The van der Waals surface area contributed by atoms with Gasteiger partial charge in [0.1, 0.15) is 0 Å². The predicted molar refractivity (Wildman–Crippen MR) is 81.3 cm³/mol. The van der Waals surface area contributed by atoms with E-state index in [9.17, 15) is 0 Å². The molecule has 4 nitrogen and oxygen atoms in total. The van der Waals surface area contributed by atoms with E-state index < -0.39 is 0 Å². The van der Waals surface area contributed by atoms with Crippen molar-refractivity contribution in [3.05, 3.63) is 0 Å². The zero-order chi connectivity index (χ0) is 13.3. The molecule has 0 aromatic rings. The van der Waals surface area contributed by atoms with Crippen LogP contribution in [0.4, 0.5) is 0 Å². The van der Waals surface area contributed by atoms with Crippen molar-refractivity contribution in [2.24, 2.45) is 0 Å². The highest BCUT2D eigenvalue weighted by Crippen LogP contribution is 1.77. The van der Waals surface area contributed by atoms with Crippen molar-refractivity contribution < 1.29 is 0 Å². The lowest BCUT2D eigenvalue weighted by atomic mass is 10.4. The van der Waals surface area contributed by atoms with Crippen molar-refractivity contribution >= 4 is 0 Å². The van der Waals surface area contributed by atoms with Gasteiger partial charge in [0.15, 0.2) is 0 Å². The predicted octanol–water partition coefficient (Wildman–Crippen LogP) is 0.945. The Labute approximate surface area is 114 Å². The molecule has 110 valence electrons. The number of hydrogen-bond acceptors (Lipinski definition) is 4. The fraction of sp³-hybridized carbons (Fsp3) is 1.00. The van der Waals surface area contributed by atoms with Crippen LogP contribution in [0.25, 0.3) is 0 Å². The quantitative estimate of drug-likeness (QED) is 0.330. The van der Waals surface area contributed by atoms with Crippen LogP contribution in [0, 0.1) is 0 Å². The highest BCUT2D eigenvalue weighted by atomic mass is 14.9. The molecule has 0 saturated carbocycles. The molecule has 0 aromatic heterocycles. The van der Waals surface area contributed by atoms with Gasteiger partial charge in [0.05, 0.1) is 0 Å². The van der Waals surface area contributed by atoms with E-state index in [4.69, 9.17) is 0 Å². The normalized spacial score (nSPS) is 11.0. The van der Waals surface area contributed by atoms with Gasteiger partial charge in [-0.15, -0.1) is 0 Å². The Morgan fingerprint density at radius 2 is 0.778 bits per heavy atom. The van der Waals surface area contributed by atoms with Crippen molar-refractivity contribution in [3.8, 4) is 0 Å². The molecule has 0 aliphatic rings. The van der Waals surface area contributed by atoms with Crippen molar-refractivity contribution in [3.63, 3.8) is 0 Å². The van der Waals surface area contributed by atoms with Gasteiger partial charge in [-0.05, 0) is 65.0 Å². The second-order valence-corrected chi connectivity index (χ2v) is 4.71. The van der Waals surface area contributed by atoms with E-state index in [0.717, 1.165) is 52.4 Å². The molecular formula is C14H34N4. The van der Waals surface area contributed by atoms with Gasteiger partial charge in [-0.25, -0.2) is 0 Å². The Morgan fingerprint density at radius 1 is 0.444 bits per heavy atom. The molecule has 0 atom stereocenters. The first kappa shape index (κ1) is 17.8. The van der Waals surface area contributed by atoms with Crippen LogP contribution >= 0.6 is 0 Å². The average Bonchev–Trinajstić information content (AvgIpc) is 2.39. The molecule has 0 spiro atoms. The molecule has 4 heteroatoms. The fourth-order valence-electron chi connectivity index (χ4n) is 1.71. The third-order valence-corrected chi connectivity index (χ3v) is 2.75. The van der Waals surface area contributed by atoms with Crippen molar-refractivity contribution in [2.75, 3.05) is 52.4 Å². The molecule has 0 bridgehead atoms. The third kappa shape index (κ3) is 15.8. The van der Waals surface area contributed by atoms with Crippen molar-refractivity contribution in [2.45, 2.75) is 39.5 Å². The summed E-state index contributed by atoms with van der Waals surface area (Å²) in [6.07, 6.45) is 4.90. The zero-order valence-electron chi connectivity index (χ0n) is 12.5. The molecular weight excluding hydrogens is 224 g/mol. The first-order valence-electron chi connectivity index (χ1n) is 7.74. The number of nitrogens with one attached hydrogen (secondary N) is 4. The smallest absolute Gasteiger partial charge is 0.00767 e. The van der Waals surface area contributed by atoms with Gasteiger partial charge < -0.3 is 21.3 Å². The highest BCUT2D eigenvalue weighted by molar-refractivity contribution is 4.55. The Kier molecular flexibility index (Phi) is 16.7. The molecule has 18 heavy (non-hydrogen) atoms. The maximum absolute atomic E-state index is 3.46. The second-order valence-electron chi connectivity index (χ2n) is 4.71. The molecule has 0 aliphatic heterocycles. The molecule has 4 N–H and O–H groups in total. The largest absolute Gasteiger partial charge is 0.317 e. The topological polar surface area (TPSA) is 48.1 Å². The lowest BCUT2D eigenvalue weighted by Crippen LogP contribution is -2.31. The summed E-state index contributed by atoms with van der Waals surface area (Å²) in [4.78, 5) is 0. The van der Waals surface area contributed by atoms with Crippen LogP contribution < -0.4 is 21.3 Å². The molecule has 0 amide bonds. The van der Waals surface area contributed by atoms with Crippen LogP contribution in [0.3, 0.4) is 0 Å².